The first kappa shape index (κ1) is 12.1. The van der Waals surface area contributed by atoms with E-state index >= 15 is 0 Å². The SMILES string of the molecule is O=C(O)c1cnn(Cc2cccc(Br)c2)c1Cl. The second kappa shape index (κ2) is 4.89. The molecule has 0 spiro atoms. The van der Waals surface area contributed by atoms with E-state index in [2.05, 4.69) is 21.0 Å². The molecule has 0 aliphatic carbocycles. The molecule has 1 heterocycles. The summed E-state index contributed by atoms with van der Waals surface area (Å²) in [6, 6.07) is 7.66. The molecule has 1 aromatic carbocycles. The van der Waals surface area contributed by atoms with Gasteiger partial charge in [0.25, 0.3) is 0 Å². The third-order valence-corrected chi connectivity index (χ3v) is 3.12. The van der Waals surface area contributed by atoms with Gasteiger partial charge in [-0.15, -0.1) is 0 Å². The zero-order valence-electron chi connectivity index (χ0n) is 8.60. The largest absolute Gasteiger partial charge is 0.478 e. The van der Waals surface area contributed by atoms with E-state index in [1.807, 2.05) is 24.3 Å². The minimum Gasteiger partial charge on any atom is -0.478 e. The highest BCUT2D eigenvalue weighted by molar-refractivity contribution is 9.10. The molecule has 1 aromatic heterocycles. The number of carboxylic acids is 1. The van der Waals surface area contributed by atoms with Gasteiger partial charge in [-0.2, -0.15) is 5.10 Å². The summed E-state index contributed by atoms with van der Waals surface area (Å²) in [5, 5.41) is 12.9. The van der Waals surface area contributed by atoms with Crippen LogP contribution in [0.5, 0.6) is 0 Å². The smallest absolute Gasteiger partial charge is 0.340 e. The van der Waals surface area contributed by atoms with Crippen LogP contribution in [0.4, 0.5) is 0 Å². The molecule has 0 saturated heterocycles. The molecule has 0 unspecified atom stereocenters. The highest BCUT2D eigenvalue weighted by atomic mass is 79.9. The average molecular weight is 316 g/mol. The Bertz CT molecular complexity index is 568. The molecule has 0 aliphatic heterocycles. The number of rotatable bonds is 3. The summed E-state index contributed by atoms with van der Waals surface area (Å²) in [4.78, 5) is 10.8. The van der Waals surface area contributed by atoms with Crippen molar-refractivity contribution in [1.29, 1.82) is 0 Å². The van der Waals surface area contributed by atoms with Crippen LogP contribution in [0.1, 0.15) is 15.9 Å². The van der Waals surface area contributed by atoms with E-state index < -0.39 is 5.97 Å². The van der Waals surface area contributed by atoms with E-state index in [9.17, 15) is 4.79 Å². The van der Waals surface area contributed by atoms with Gasteiger partial charge in [0.05, 0.1) is 12.7 Å². The normalized spacial score (nSPS) is 10.5. The third kappa shape index (κ3) is 2.68. The number of carbonyl (C=O) groups is 1. The Morgan fingerprint density at radius 2 is 2.29 bits per heavy atom. The van der Waals surface area contributed by atoms with Crippen molar-refractivity contribution in [3.8, 4) is 0 Å². The molecule has 2 rings (SSSR count). The molecule has 2 aromatic rings. The molecule has 1 N–H and O–H groups in total. The van der Waals surface area contributed by atoms with Gasteiger partial charge in [-0.1, -0.05) is 39.7 Å². The lowest BCUT2D eigenvalue weighted by atomic mass is 10.2. The number of aromatic nitrogens is 2. The molecule has 4 nitrogen and oxygen atoms in total. The first-order valence-electron chi connectivity index (χ1n) is 4.77. The van der Waals surface area contributed by atoms with Crippen LogP contribution in [0.3, 0.4) is 0 Å². The van der Waals surface area contributed by atoms with Gasteiger partial charge in [-0.3, -0.25) is 0 Å². The fourth-order valence-electron chi connectivity index (χ4n) is 1.43. The molecular formula is C11H8BrClN2O2. The van der Waals surface area contributed by atoms with Crippen LogP contribution in [-0.4, -0.2) is 20.9 Å². The Kier molecular flexibility index (Phi) is 3.49. The Morgan fingerprint density at radius 3 is 2.88 bits per heavy atom. The van der Waals surface area contributed by atoms with Crippen molar-refractivity contribution in [3.63, 3.8) is 0 Å². The quantitative estimate of drug-likeness (QED) is 0.947. The highest BCUT2D eigenvalue weighted by Gasteiger charge is 2.14. The summed E-state index contributed by atoms with van der Waals surface area (Å²) in [5.41, 5.74) is 1.00. The predicted molar refractivity (Wildman–Crippen MR) is 67.4 cm³/mol. The summed E-state index contributed by atoms with van der Waals surface area (Å²) >= 11 is 9.28. The number of hydrogen-bond donors (Lipinski definition) is 1. The van der Waals surface area contributed by atoms with Crippen molar-refractivity contribution in [3.05, 3.63) is 51.2 Å². The van der Waals surface area contributed by atoms with Crippen LogP contribution in [0.15, 0.2) is 34.9 Å². The predicted octanol–water partition coefficient (Wildman–Crippen LogP) is 3.05. The molecule has 6 heteroatoms. The topological polar surface area (TPSA) is 55.1 Å². The van der Waals surface area contributed by atoms with Gasteiger partial charge in [0, 0.05) is 4.47 Å². The fourth-order valence-corrected chi connectivity index (χ4v) is 2.11. The lowest BCUT2D eigenvalue weighted by Crippen LogP contribution is -2.03. The second-order valence-electron chi connectivity index (χ2n) is 3.44. The van der Waals surface area contributed by atoms with Crippen LogP contribution >= 0.6 is 27.5 Å². The number of nitrogens with zero attached hydrogens (tertiary/aromatic N) is 2. The first-order valence-corrected chi connectivity index (χ1v) is 5.94. The van der Waals surface area contributed by atoms with Crippen LogP contribution in [0.2, 0.25) is 5.15 Å². The van der Waals surface area contributed by atoms with Gasteiger partial charge in [-0.25, -0.2) is 9.48 Å². The average Bonchev–Trinajstić information content (AvgIpc) is 2.61. The summed E-state index contributed by atoms with van der Waals surface area (Å²) < 4.78 is 2.41. The zero-order valence-corrected chi connectivity index (χ0v) is 10.9. The molecule has 0 saturated carbocycles. The number of halogens is 2. The van der Waals surface area contributed by atoms with Gasteiger partial charge < -0.3 is 5.11 Å². The van der Waals surface area contributed by atoms with Crippen molar-refractivity contribution < 1.29 is 9.90 Å². The molecule has 0 amide bonds. The third-order valence-electron chi connectivity index (χ3n) is 2.23. The maximum atomic E-state index is 10.8. The van der Waals surface area contributed by atoms with E-state index in [-0.39, 0.29) is 10.7 Å². The number of aromatic carboxylic acids is 1. The van der Waals surface area contributed by atoms with E-state index in [1.165, 1.54) is 10.9 Å². The lowest BCUT2D eigenvalue weighted by molar-refractivity contribution is 0.0697. The van der Waals surface area contributed by atoms with Crippen LogP contribution < -0.4 is 0 Å². The minimum atomic E-state index is -1.07. The Hall–Kier alpha value is -1.33. The van der Waals surface area contributed by atoms with Gasteiger partial charge in [0.2, 0.25) is 0 Å². The van der Waals surface area contributed by atoms with Crippen molar-refractivity contribution in [1.82, 2.24) is 9.78 Å². The van der Waals surface area contributed by atoms with Gasteiger partial charge in [0.15, 0.2) is 0 Å². The van der Waals surface area contributed by atoms with E-state index in [0.717, 1.165) is 10.0 Å². The lowest BCUT2D eigenvalue weighted by Gasteiger charge is -2.04. The number of benzene rings is 1. The molecule has 0 aliphatic rings. The van der Waals surface area contributed by atoms with E-state index in [0.29, 0.717) is 6.54 Å². The van der Waals surface area contributed by atoms with Crippen molar-refractivity contribution in [2.45, 2.75) is 6.54 Å². The van der Waals surface area contributed by atoms with E-state index in [4.69, 9.17) is 16.7 Å². The molecule has 88 valence electrons. The van der Waals surface area contributed by atoms with Crippen LogP contribution in [0, 0.1) is 0 Å². The monoisotopic (exact) mass is 314 g/mol. The van der Waals surface area contributed by atoms with Crippen LogP contribution in [0.25, 0.3) is 0 Å². The van der Waals surface area contributed by atoms with Crippen molar-refractivity contribution in [2.24, 2.45) is 0 Å². The van der Waals surface area contributed by atoms with Gasteiger partial charge in [-0.05, 0) is 17.7 Å². The molecule has 0 bridgehead atoms. The summed E-state index contributed by atoms with van der Waals surface area (Å²) in [6.07, 6.45) is 1.25. The molecular weight excluding hydrogens is 307 g/mol. The van der Waals surface area contributed by atoms with E-state index in [1.54, 1.807) is 0 Å². The fraction of sp³-hybridized carbons (Fsp3) is 0.0909. The Morgan fingerprint density at radius 1 is 1.53 bits per heavy atom. The van der Waals surface area contributed by atoms with Gasteiger partial charge in [0.1, 0.15) is 10.7 Å². The molecule has 0 atom stereocenters. The summed E-state index contributed by atoms with van der Waals surface area (Å²) in [5.74, 6) is -1.07. The highest BCUT2D eigenvalue weighted by Crippen LogP contribution is 2.18. The first-order chi connectivity index (χ1) is 8.08. The molecule has 0 fully saturated rings. The maximum absolute atomic E-state index is 10.8. The van der Waals surface area contributed by atoms with Crippen molar-refractivity contribution >= 4 is 33.5 Å². The maximum Gasteiger partial charge on any atom is 0.340 e. The second-order valence-corrected chi connectivity index (χ2v) is 4.72. The number of hydrogen-bond acceptors (Lipinski definition) is 2. The van der Waals surface area contributed by atoms with Crippen LogP contribution in [-0.2, 0) is 6.54 Å². The Labute approximate surface area is 111 Å². The zero-order chi connectivity index (χ0) is 12.4. The Balaban J connectivity index is 2.28. The minimum absolute atomic E-state index is 0.0154. The van der Waals surface area contributed by atoms with Gasteiger partial charge >= 0.3 is 5.97 Å². The number of carboxylic acid groups (broad SMARTS) is 1. The molecule has 17 heavy (non-hydrogen) atoms. The summed E-state index contributed by atoms with van der Waals surface area (Å²) in [7, 11) is 0. The molecule has 0 radical (unpaired) electrons. The van der Waals surface area contributed by atoms with Crippen molar-refractivity contribution in [2.75, 3.05) is 0 Å². The summed E-state index contributed by atoms with van der Waals surface area (Å²) in [6.45, 7) is 0.436. The standard InChI is InChI=1S/C11H8BrClN2O2/c12-8-3-1-2-7(4-8)6-15-10(13)9(5-14-15)11(16)17/h1-5H,6H2,(H,16,17).